The van der Waals surface area contributed by atoms with E-state index in [-0.39, 0.29) is 17.8 Å². The molecule has 5 heteroatoms. The van der Waals surface area contributed by atoms with Gasteiger partial charge in [0.2, 0.25) is 11.8 Å². The van der Waals surface area contributed by atoms with Crippen molar-refractivity contribution < 1.29 is 19.1 Å². The van der Waals surface area contributed by atoms with Gasteiger partial charge in [-0.25, -0.2) is 0 Å². The molecule has 0 aromatic heterocycles. The van der Waals surface area contributed by atoms with E-state index in [0.717, 1.165) is 31.2 Å². The number of benzene rings is 1. The van der Waals surface area contributed by atoms with Crippen LogP contribution in [0.3, 0.4) is 0 Å². The minimum atomic E-state index is -0.0843. The van der Waals surface area contributed by atoms with Gasteiger partial charge in [-0.1, -0.05) is 114 Å². The van der Waals surface area contributed by atoms with Gasteiger partial charge < -0.3 is 4.74 Å². The monoisotopic (exact) mass is 471 g/mol. The van der Waals surface area contributed by atoms with Crippen molar-refractivity contribution in [3.8, 4) is 0 Å². The third-order valence-electron chi connectivity index (χ3n) is 6.66. The van der Waals surface area contributed by atoms with Crippen molar-refractivity contribution in [1.82, 2.24) is 4.90 Å². The van der Waals surface area contributed by atoms with Gasteiger partial charge in [-0.15, -0.1) is 0 Å². The van der Waals surface area contributed by atoms with Crippen LogP contribution < -0.4 is 0 Å². The lowest BCUT2D eigenvalue weighted by molar-refractivity contribution is -0.145. The predicted octanol–water partition coefficient (Wildman–Crippen LogP) is 7.12. The highest BCUT2D eigenvalue weighted by atomic mass is 16.5. The van der Waals surface area contributed by atoms with Crippen LogP contribution >= 0.6 is 0 Å². The van der Waals surface area contributed by atoms with Crippen molar-refractivity contribution in [2.75, 3.05) is 6.54 Å². The molecule has 1 aromatic rings. The molecule has 2 rings (SSSR count). The van der Waals surface area contributed by atoms with Crippen molar-refractivity contribution in [2.45, 2.75) is 122 Å². The number of imide groups is 1. The molecule has 0 N–H and O–H groups in total. The largest absolute Gasteiger partial charge is 0.461 e. The standard InChI is InChI=1S/C29H45NO4/c31-27-22-23-28(32)30(27)24-18-13-11-9-7-5-3-1-2-4-6-8-10-12-17-21-29(33)34-25-26-19-15-14-16-20-26/h14-16,19-20H,1-13,17-18,21-25H2. The highest BCUT2D eigenvalue weighted by molar-refractivity contribution is 6.01. The Hall–Kier alpha value is -2.17. The number of carbonyl (C=O) groups excluding carboxylic acids is 3. The predicted molar refractivity (Wildman–Crippen MR) is 136 cm³/mol. The number of esters is 1. The van der Waals surface area contributed by atoms with Crippen molar-refractivity contribution in [3.05, 3.63) is 35.9 Å². The first kappa shape index (κ1) is 28.1. The summed E-state index contributed by atoms with van der Waals surface area (Å²) >= 11 is 0. The van der Waals surface area contributed by atoms with Crippen LogP contribution in [0.5, 0.6) is 0 Å². The van der Waals surface area contributed by atoms with Crippen LogP contribution in [0, 0.1) is 0 Å². The number of carbonyl (C=O) groups is 3. The van der Waals surface area contributed by atoms with E-state index in [1.165, 1.54) is 75.5 Å². The molecular weight excluding hydrogens is 426 g/mol. The second-order valence-electron chi connectivity index (χ2n) is 9.64. The van der Waals surface area contributed by atoms with Crippen LogP contribution in [-0.4, -0.2) is 29.2 Å². The van der Waals surface area contributed by atoms with Crippen molar-refractivity contribution >= 4 is 17.8 Å². The minimum absolute atomic E-state index is 0.0155. The van der Waals surface area contributed by atoms with Crippen LogP contribution in [0.25, 0.3) is 0 Å². The van der Waals surface area contributed by atoms with Crippen LogP contribution in [0.4, 0.5) is 0 Å². The molecule has 0 spiro atoms. The molecule has 0 aliphatic carbocycles. The van der Waals surface area contributed by atoms with Gasteiger partial charge >= 0.3 is 5.97 Å². The summed E-state index contributed by atoms with van der Waals surface area (Å²) in [6.07, 6.45) is 19.7. The van der Waals surface area contributed by atoms with Gasteiger partial charge in [0, 0.05) is 25.8 Å². The van der Waals surface area contributed by atoms with Crippen LogP contribution in [0.1, 0.15) is 121 Å². The summed E-state index contributed by atoms with van der Waals surface area (Å²) in [6, 6.07) is 9.83. The lowest BCUT2D eigenvalue weighted by Crippen LogP contribution is -2.29. The zero-order valence-corrected chi connectivity index (χ0v) is 21.1. The highest BCUT2D eigenvalue weighted by Crippen LogP contribution is 2.16. The van der Waals surface area contributed by atoms with Crippen molar-refractivity contribution in [1.29, 1.82) is 0 Å². The number of rotatable bonds is 20. The molecule has 1 fully saturated rings. The Bertz CT molecular complexity index is 687. The molecule has 1 aliphatic rings. The van der Waals surface area contributed by atoms with Gasteiger partial charge in [0.05, 0.1) is 0 Å². The van der Waals surface area contributed by atoms with E-state index in [1.807, 2.05) is 30.3 Å². The summed E-state index contributed by atoms with van der Waals surface area (Å²) in [6.45, 7) is 1.00. The maximum absolute atomic E-state index is 11.8. The summed E-state index contributed by atoms with van der Waals surface area (Å²) < 4.78 is 5.32. The summed E-state index contributed by atoms with van der Waals surface area (Å²) in [7, 11) is 0. The highest BCUT2D eigenvalue weighted by Gasteiger charge is 2.27. The summed E-state index contributed by atoms with van der Waals surface area (Å²) in [5, 5.41) is 0. The van der Waals surface area contributed by atoms with Gasteiger partial charge in [-0.2, -0.15) is 0 Å². The topological polar surface area (TPSA) is 63.7 Å². The molecule has 1 heterocycles. The molecule has 5 nitrogen and oxygen atoms in total. The fourth-order valence-corrected chi connectivity index (χ4v) is 4.52. The molecule has 1 aliphatic heterocycles. The third-order valence-corrected chi connectivity index (χ3v) is 6.66. The Morgan fingerprint density at radius 2 is 1.09 bits per heavy atom. The fourth-order valence-electron chi connectivity index (χ4n) is 4.52. The van der Waals surface area contributed by atoms with E-state index in [2.05, 4.69) is 0 Å². The van der Waals surface area contributed by atoms with Gasteiger partial charge in [0.25, 0.3) is 0 Å². The van der Waals surface area contributed by atoms with Crippen molar-refractivity contribution in [3.63, 3.8) is 0 Å². The summed E-state index contributed by atoms with van der Waals surface area (Å²) in [4.78, 5) is 36.3. The Labute approximate surface area is 206 Å². The molecule has 0 atom stereocenters. The first-order valence-electron chi connectivity index (χ1n) is 13.7. The third kappa shape index (κ3) is 12.9. The molecule has 1 aromatic carbocycles. The molecule has 0 saturated carbocycles. The molecule has 2 amide bonds. The number of nitrogens with zero attached hydrogens (tertiary/aromatic N) is 1. The maximum atomic E-state index is 11.8. The normalized spacial score (nSPS) is 13.6. The average Bonchev–Trinajstić information content (AvgIpc) is 3.17. The zero-order valence-electron chi connectivity index (χ0n) is 21.1. The second kappa shape index (κ2) is 18.2. The molecule has 190 valence electrons. The van der Waals surface area contributed by atoms with Gasteiger partial charge in [0.1, 0.15) is 6.61 Å². The van der Waals surface area contributed by atoms with Crippen LogP contribution in [-0.2, 0) is 25.7 Å². The van der Waals surface area contributed by atoms with E-state index in [9.17, 15) is 14.4 Å². The molecule has 0 bridgehead atoms. The average molecular weight is 472 g/mol. The quantitative estimate of drug-likeness (QED) is 0.115. The Morgan fingerprint density at radius 3 is 1.59 bits per heavy atom. The second-order valence-corrected chi connectivity index (χ2v) is 9.64. The minimum Gasteiger partial charge on any atom is -0.461 e. The number of ether oxygens (including phenoxy) is 1. The maximum Gasteiger partial charge on any atom is 0.306 e. The van der Waals surface area contributed by atoms with Crippen LogP contribution in [0.2, 0.25) is 0 Å². The number of unbranched alkanes of at least 4 members (excludes halogenated alkanes) is 14. The van der Waals surface area contributed by atoms with Gasteiger partial charge in [-0.05, 0) is 18.4 Å². The number of hydrogen-bond donors (Lipinski definition) is 0. The SMILES string of the molecule is O=C(CCCCCCCCCCCCCCCCCN1C(=O)CCC1=O)OCc1ccccc1. The smallest absolute Gasteiger partial charge is 0.306 e. The number of amides is 2. The lowest BCUT2D eigenvalue weighted by atomic mass is 10.0. The van der Waals surface area contributed by atoms with Gasteiger partial charge in [-0.3, -0.25) is 19.3 Å². The first-order valence-corrected chi connectivity index (χ1v) is 13.7. The Morgan fingerprint density at radius 1 is 0.647 bits per heavy atom. The fraction of sp³-hybridized carbons (Fsp3) is 0.690. The molecular formula is C29H45NO4. The lowest BCUT2D eigenvalue weighted by Gasteiger charge is -2.13. The molecule has 34 heavy (non-hydrogen) atoms. The van der Waals surface area contributed by atoms with Crippen LogP contribution in [0.15, 0.2) is 30.3 Å². The molecule has 1 saturated heterocycles. The molecule has 0 unspecified atom stereocenters. The molecule has 0 radical (unpaired) electrons. The van der Waals surface area contributed by atoms with E-state index < -0.39 is 0 Å². The number of likely N-dealkylation sites (tertiary alicyclic amines) is 1. The Kier molecular flexibility index (Phi) is 15.0. The van der Waals surface area contributed by atoms with E-state index in [4.69, 9.17) is 4.74 Å². The zero-order chi connectivity index (χ0) is 24.3. The van der Waals surface area contributed by atoms with Crippen molar-refractivity contribution in [2.24, 2.45) is 0 Å². The Balaban J connectivity index is 1.25. The first-order chi connectivity index (χ1) is 16.7. The van der Waals surface area contributed by atoms with Gasteiger partial charge in [0.15, 0.2) is 0 Å². The van der Waals surface area contributed by atoms with E-state index in [0.29, 0.717) is 32.4 Å². The number of hydrogen-bond acceptors (Lipinski definition) is 4. The summed E-state index contributed by atoms with van der Waals surface area (Å²) in [5.41, 5.74) is 1.04. The summed E-state index contributed by atoms with van der Waals surface area (Å²) in [5.74, 6) is -0.0533. The van der Waals surface area contributed by atoms with E-state index >= 15 is 0 Å². The van der Waals surface area contributed by atoms with E-state index in [1.54, 1.807) is 0 Å².